The second kappa shape index (κ2) is 8.44. The van der Waals surface area contributed by atoms with Crippen molar-refractivity contribution in [1.29, 1.82) is 0 Å². The maximum Gasteiger partial charge on any atom is 0.343 e. The molecule has 0 amide bonds. The third kappa shape index (κ3) is 5.31. The van der Waals surface area contributed by atoms with Crippen LogP contribution in [-0.2, 0) is 16.0 Å². The quantitative estimate of drug-likeness (QED) is 0.473. The number of hydrogen-bond donors (Lipinski definition) is 1. The van der Waals surface area contributed by atoms with Crippen LogP contribution < -0.4 is 4.74 Å². The highest BCUT2D eigenvalue weighted by Gasteiger charge is 2.10. The van der Waals surface area contributed by atoms with Gasteiger partial charge in [-0.15, -0.1) is 0 Å². The fraction of sp³-hybridized carbons (Fsp3) is 0.105. The van der Waals surface area contributed by atoms with Gasteiger partial charge in [0, 0.05) is 12.5 Å². The number of carboxylic acid groups (broad SMARTS) is 1. The Balaban J connectivity index is 1.91. The molecule has 0 heterocycles. The molecule has 1 N–H and O–H groups in total. The highest BCUT2D eigenvalue weighted by Crippen LogP contribution is 2.15. The van der Waals surface area contributed by atoms with Crippen LogP contribution in [0.4, 0.5) is 0 Å². The second-order valence-electron chi connectivity index (χ2n) is 5.04. The zero-order valence-electron chi connectivity index (χ0n) is 13.3. The van der Waals surface area contributed by atoms with Gasteiger partial charge in [0.15, 0.2) is 0 Å². The van der Waals surface area contributed by atoms with Gasteiger partial charge in [0.25, 0.3) is 0 Å². The first-order valence-electron chi connectivity index (χ1n) is 7.43. The summed E-state index contributed by atoms with van der Waals surface area (Å²) in [5.41, 5.74) is 1.27. The Morgan fingerprint density at radius 2 is 1.56 bits per heavy atom. The van der Waals surface area contributed by atoms with Crippen LogP contribution in [0, 0.1) is 0 Å². The van der Waals surface area contributed by atoms with Crippen molar-refractivity contribution in [3.8, 4) is 5.75 Å². The third-order valence-corrected chi connectivity index (χ3v) is 3.30. The number of rotatable bonds is 7. The summed E-state index contributed by atoms with van der Waals surface area (Å²) in [5.74, 6) is -1.75. The van der Waals surface area contributed by atoms with Gasteiger partial charge in [0.2, 0.25) is 0 Å². The Bertz CT molecular complexity index is 775. The second-order valence-corrected chi connectivity index (χ2v) is 5.04. The SMILES string of the molecule is C=CC(=O)OCCc1ccc(OC(=O)c2ccc(C(=O)O)cc2)cc1. The van der Waals surface area contributed by atoms with Crippen LogP contribution in [0.5, 0.6) is 5.75 Å². The molecule has 0 unspecified atom stereocenters. The van der Waals surface area contributed by atoms with Gasteiger partial charge in [-0.05, 0) is 42.0 Å². The van der Waals surface area contributed by atoms with E-state index in [2.05, 4.69) is 6.58 Å². The van der Waals surface area contributed by atoms with Crippen molar-refractivity contribution in [2.24, 2.45) is 0 Å². The summed E-state index contributed by atoms with van der Waals surface area (Å²) in [6.45, 7) is 3.55. The molecule has 0 radical (unpaired) electrons. The molecule has 0 spiro atoms. The predicted octanol–water partition coefficient (Wildman–Crippen LogP) is 2.88. The number of hydrogen-bond acceptors (Lipinski definition) is 5. The maximum absolute atomic E-state index is 12.0. The predicted molar refractivity (Wildman–Crippen MR) is 89.7 cm³/mol. The van der Waals surface area contributed by atoms with Gasteiger partial charge in [0.05, 0.1) is 17.7 Å². The summed E-state index contributed by atoms with van der Waals surface area (Å²) in [4.78, 5) is 33.7. The fourth-order valence-corrected chi connectivity index (χ4v) is 1.97. The van der Waals surface area contributed by atoms with Crippen molar-refractivity contribution in [3.63, 3.8) is 0 Å². The number of ether oxygens (including phenoxy) is 2. The van der Waals surface area contributed by atoms with Gasteiger partial charge in [-0.3, -0.25) is 0 Å². The molecule has 0 saturated heterocycles. The number of carbonyl (C=O) groups excluding carboxylic acids is 2. The molecule has 6 nitrogen and oxygen atoms in total. The highest BCUT2D eigenvalue weighted by molar-refractivity contribution is 5.93. The van der Waals surface area contributed by atoms with Gasteiger partial charge in [-0.25, -0.2) is 14.4 Å². The van der Waals surface area contributed by atoms with Gasteiger partial charge in [0.1, 0.15) is 5.75 Å². The van der Waals surface area contributed by atoms with Crippen LogP contribution in [0.25, 0.3) is 0 Å². The summed E-state index contributed by atoms with van der Waals surface area (Å²) in [6, 6.07) is 12.3. The maximum atomic E-state index is 12.0. The van der Waals surface area contributed by atoms with Crippen molar-refractivity contribution in [2.75, 3.05) is 6.61 Å². The van der Waals surface area contributed by atoms with Crippen LogP contribution in [-0.4, -0.2) is 29.6 Å². The van der Waals surface area contributed by atoms with E-state index in [1.54, 1.807) is 24.3 Å². The molecule has 0 aromatic heterocycles. The van der Waals surface area contributed by atoms with E-state index >= 15 is 0 Å². The molecule has 2 rings (SSSR count). The standard InChI is InChI=1S/C19H16O6/c1-2-17(20)24-12-11-13-3-9-16(10-4-13)25-19(23)15-7-5-14(6-8-15)18(21)22/h2-10H,1,11-12H2,(H,21,22). The average molecular weight is 340 g/mol. The van der Waals surface area contributed by atoms with Crippen LogP contribution in [0.15, 0.2) is 61.2 Å². The molecule has 25 heavy (non-hydrogen) atoms. The topological polar surface area (TPSA) is 89.9 Å². The van der Waals surface area contributed by atoms with Crippen molar-refractivity contribution in [2.45, 2.75) is 6.42 Å². The molecule has 2 aromatic carbocycles. The zero-order chi connectivity index (χ0) is 18.2. The summed E-state index contributed by atoms with van der Waals surface area (Å²) < 4.78 is 10.1. The number of carbonyl (C=O) groups is 3. The first kappa shape index (κ1) is 17.9. The van der Waals surface area contributed by atoms with E-state index in [-0.39, 0.29) is 17.7 Å². The first-order valence-corrected chi connectivity index (χ1v) is 7.43. The van der Waals surface area contributed by atoms with Crippen molar-refractivity contribution in [1.82, 2.24) is 0 Å². The van der Waals surface area contributed by atoms with Gasteiger partial charge in [-0.2, -0.15) is 0 Å². The smallest absolute Gasteiger partial charge is 0.343 e. The number of aromatic carboxylic acids is 1. The van der Waals surface area contributed by atoms with Gasteiger partial charge >= 0.3 is 17.9 Å². The molecular weight excluding hydrogens is 324 g/mol. The third-order valence-electron chi connectivity index (χ3n) is 3.30. The van der Waals surface area contributed by atoms with Crippen LogP contribution >= 0.6 is 0 Å². The molecule has 0 atom stereocenters. The van der Waals surface area contributed by atoms with E-state index in [1.165, 1.54) is 24.3 Å². The van der Waals surface area contributed by atoms with E-state index in [1.807, 2.05) is 0 Å². The Morgan fingerprint density at radius 3 is 2.12 bits per heavy atom. The first-order chi connectivity index (χ1) is 12.0. The molecule has 0 aliphatic carbocycles. The number of benzene rings is 2. The summed E-state index contributed by atoms with van der Waals surface area (Å²) in [6.07, 6.45) is 1.63. The minimum atomic E-state index is -1.06. The van der Waals surface area contributed by atoms with Crippen LogP contribution in [0.1, 0.15) is 26.3 Å². The largest absolute Gasteiger partial charge is 0.478 e. The Hall–Kier alpha value is -3.41. The van der Waals surface area contributed by atoms with Crippen LogP contribution in [0.2, 0.25) is 0 Å². The van der Waals surface area contributed by atoms with E-state index in [0.717, 1.165) is 11.6 Å². The summed E-state index contributed by atoms with van der Waals surface area (Å²) >= 11 is 0. The van der Waals surface area contributed by atoms with Crippen LogP contribution in [0.3, 0.4) is 0 Å². The Labute approximate surface area is 144 Å². The lowest BCUT2D eigenvalue weighted by Gasteiger charge is -2.06. The monoisotopic (exact) mass is 340 g/mol. The lowest BCUT2D eigenvalue weighted by Crippen LogP contribution is -2.09. The Kier molecular flexibility index (Phi) is 6.06. The van der Waals surface area contributed by atoms with Crippen molar-refractivity contribution in [3.05, 3.63) is 77.9 Å². The van der Waals surface area contributed by atoms with E-state index in [4.69, 9.17) is 14.6 Å². The average Bonchev–Trinajstić information content (AvgIpc) is 2.63. The molecule has 6 heteroatoms. The lowest BCUT2D eigenvalue weighted by molar-refractivity contribution is -0.137. The molecule has 0 aliphatic rings. The minimum absolute atomic E-state index is 0.0954. The lowest BCUT2D eigenvalue weighted by atomic mass is 10.1. The fourth-order valence-electron chi connectivity index (χ4n) is 1.97. The van der Waals surface area contributed by atoms with Gasteiger partial charge < -0.3 is 14.6 Å². The molecule has 2 aromatic rings. The number of carboxylic acids is 1. The molecule has 0 aliphatic heterocycles. The zero-order valence-corrected chi connectivity index (χ0v) is 13.3. The molecule has 0 saturated carbocycles. The minimum Gasteiger partial charge on any atom is -0.478 e. The normalized spacial score (nSPS) is 9.92. The molecule has 128 valence electrons. The molecule has 0 fully saturated rings. The Morgan fingerprint density at radius 1 is 0.960 bits per heavy atom. The van der Waals surface area contributed by atoms with E-state index in [9.17, 15) is 14.4 Å². The van der Waals surface area contributed by atoms with Gasteiger partial charge in [-0.1, -0.05) is 18.7 Å². The molecule has 0 bridgehead atoms. The molecular formula is C19H16O6. The van der Waals surface area contributed by atoms with Crippen molar-refractivity contribution < 1.29 is 29.0 Å². The summed E-state index contributed by atoms with van der Waals surface area (Å²) in [5, 5.41) is 8.83. The van der Waals surface area contributed by atoms with Crippen molar-refractivity contribution >= 4 is 17.9 Å². The van der Waals surface area contributed by atoms with E-state index < -0.39 is 17.9 Å². The highest BCUT2D eigenvalue weighted by atomic mass is 16.5. The number of esters is 2. The summed E-state index contributed by atoms with van der Waals surface area (Å²) in [7, 11) is 0. The van der Waals surface area contributed by atoms with E-state index in [0.29, 0.717) is 12.2 Å².